The van der Waals surface area contributed by atoms with Crippen molar-refractivity contribution in [1.29, 1.82) is 0 Å². The number of carbonyl (C=O) groups is 2. The number of benzene rings is 2. The molecule has 0 amide bonds. The van der Waals surface area contributed by atoms with Gasteiger partial charge < -0.3 is 20.0 Å². The van der Waals surface area contributed by atoms with Crippen molar-refractivity contribution in [3.05, 3.63) is 68.1 Å². The van der Waals surface area contributed by atoms with Crippen LogP contribution in [0.4, 0.5) is 0 Å². The van der Waals surface area contributed by atoms with Gasteiger partial charge in [0.05, 0.1) is 31.5 Å². The first-order valence-electron chi connectivity index (χ1n) is 17.6. The normalized spacial score (nSPS) is 15.6. The highest BCUT2D eigenvalue weighted by Crippen LogP contribution is 2.27. The summed E-state index contributed by atoms with van der Waals surface area (Å²) in [6, 6.07) is 11.0. The maximum atomic E-state index is 9.10. The average molecular weight is 861 g/mol. The smallest absolute Gasteiger partial charge is 0.414 e. The van der Waals surface area contributed by atoms with E-state index in [1.54, 1.807) is 35.7 Å². The molecule has 2 saturated heterocycles. The first-order valence-corrected chi connectivity index (χ1v) is 21.1. The van der Waals surface area contributed by atoms with E-state index >= 15 is 0 Å². The molecule has 0 unspecified atom stereocenters. The minimum Gasteiger partial charge on any atom is -0.473 e. The van der Waals surface area contributed by atoms with Crippen molar-refractivity contribution < 1.29 is 19.8 Å². The van der Waals surface area contributed by atoms with E-state index in [4.69, 9.17) is 66.2 Å². The molecule has 18 heteroatoms. The Kier molecular flexibility index (Phi) is 17.7. The van der Waals surface area contributed by atoms with Gasteiger partial charge in [0.2, 0.25) is 10.3 Å². The largest absolute Gasteiger partial charge is 0.473 e. The third-order valence-corrected chi connectivity index (χ3v) is 12.1. The van der Waals surface area contributed by atoms with E-state index in [0.717, 1.165) is 69.8 Å². The van der Waals surface area contributed by atoms with E-state index < -0.39 is 11.9 Å². The number of hydrogen-bond acceptors (Lipinski definition) is 10. The molecule has 2 aliphatic heterocycles. The number of halogens is 4. The highest BCUT2D eigenvalue weighted by molar-refractivity contribution is 7.99. The van der Waals surface area contributed by atoms with Crippen molar-refractivity contribution >= 4 is 81.9 Å². The number of aryl methyl sites for hydroxylation is 2. The Morgan fingerprint density at radius 3 is 1.31 bits per heavy atom. The molecule has 0 saturated carbocycles. The summed E-state index contributed by atoms with van der Waals surface area (Å²) in [5.41, 5.74) is 1.76. The van der Waals surface area contributed by atoms with Crippen LogP contribution < -0.4 is 0 Å². The molecule has 2 aromatic carbocycles. The van der Waals surface area contributed by atoms with Gasteiger partial charge in [0.25, 0.3) is 0 Å². The van der Waals surface area contributed by atoms with Crippen LogP contribution >= 0.6 is 69.9 Å². The molecule has 54 heavy (non-hydrogen) atoms. The number of thioether (sulfide) groups is 2. The minimum atomic E-state index is -1.82. The summed E-state index contributed by atoms with van der Waals surface area (Å²) in [6.45, 7) is 15.6. The number of piperidine rings is 2. The Morgan fingerprint density at radius 2 is 1.00 bits per heavy atom. The summed E-state index contributed by atoms with van der Waals surface area (Å²) in [6.07, 6.45) is 5.25. The van der Waals surface area contributed by atoms with E-state index in [1.807, 2.05) is 47.5 Å². The second-order valence-electron chi connectivity index (χ2n) is 13.3. The van der Waals surface area contributed by atoms with Gasteiger partial charge in [-0.1, -0.05) is 83.8 Å². The van der Waals surface area contributed by atoms with Crippen LogP contribution in [0.3, 0.4) is 0 Å². The predicted octanol–water partition coefficient (Wildman–Crippen LogP) is 8.57. The molecule has 6 rings (SSSR count). The van der Waals surface area contributed by atoms with E-state index in [0.29, 0.717) is 20.1 Å². The molecule has 2 N–H and O–H groups in total. The summed E-state index contributed by atoms with van der Waals surface area (Å²) in [5.74, 6) is 1.83. The van der Waals surface area contributed by atoms with Gasteiger partial charge in [0, 0.05) is 24.6 Å². The van der Waals surface area contributed by atoms with Gasteiger partial charge in [-0.05, 0) is 114 Å². The number of aromatic nitrogens is 6. The number of likely N-dealkylation sites (tertiary alicyclic amines) is 2. The van der Waals surface area contributed by atoms with Gasteiger partial charge in [-0.15, -0.1) is 10.2 Å². The third kappa shape index (κ3) is 13.9. The molecule has 4 heterocycles. The van der Waals surface area contributed by atoms with Crippen LogP contribution in [-0.2, 0) is 9.59 Å². The van der Waals surface area contributed by atoms with Crippen LogP contribution in [0, 0.1) is 25.7 Å². The quantitative estimate of drug-likeness (QED) is 0.117. The van der Waals surface area contributed by atoms with E-state index in [1.165, 1.54) is 51.9 Å². The highest BCUT2D eigenvalue weighted by atomic mass is 35.5. The van der Waals surface area contributed by atoms with Crippen molar-refractivity contribution in [1.82, 2.24) is 39.3 Å². The molecule has 12 nitrogen and oxygen atoms in total. The molecule has 2 aromatic heterocycles. The fraction of sp³-hybridized carbons (Fsp3) is 0.500. The van der Waals surface area contributed by atoms with E-state index in [-0.39, 0.29) is 0 Å². The summed E-state index contributed by atoms with van der Waals surface area (Å²) in [7, 11) is 0. The lowest BCUT2D eigenvalue weighted by atomic mass is 9.99. The Bertz CT molecular complexity index is 1720. The molecule has 0 radical (unpaired) electrons. The second-order valence-corrected chi connectivity index (χ2v) is 17.0. The van der Waals surface area contributed by atoms with Crippen LogP contribution in [0.15, 0.2) is 46.7 Å². The third-order valence-electron chi connectivity index (χ3n) is 9.01. The summed E-state index contributed by atoms with van der Waals surface area (Å²) < 4.78 is 3.63. The van der Waals surface area contributed by atoms with Crippen LogP contribution in [0.2, 0.25) is 20.1 Å². The molecule has 0 atom stereocenters. The predicted molar refractivity (Wildman–Crippen MR) is 219 cm³/mol. The van der Waals surface area contributed by atoms with E-state index in [9.17, 15) is 0 Å². The molecule has 4 aromatic rings. The highest BCUT2D eigenvalue weighted by Gasteiger charge is 2.18. The molecule has 0 bridgehead atoms. The number of aliphatic carboxylic acids is 2. The monoisotopic (exact) mass is 858 g/mol. The van der Waals surface area contributed by atoms with Crippen LogP contribution in [0.5, 0.6) is 0 Å². The number of carboxylic acids is 2. The molecule has 0 spiro atoms. The van der Waals surface area contributed by atoms with Gasteiger partial charge in [-0.2, -0.15) is 0 Å². The average Bonchev–Trinajstić information content (AvgIpc) is 3.70. The molecule has 2 aliphatic rings. The maximum absolute atomic E-state index is 9.10. The number of nitrogens with zero attached hydrogens (tertiary/aromatic N) is 8. The number of rotatable bonds is 10. The summed E-state index contributed by atoms with van der Waals surface area (Å²) in [5, 5.41) is 27.7. The molecular formula is C36H46Cl4N8O4S2. The van der Waals surface area contributed by atoms with Gasteiger partial charge in [0.15, 0.2) is 0 Å². The minimum absolute atomic E-state index is 0.526. The zero-order valence-corrected chi connectivity index (χ0v) is 35.4. The van der Waals surface area contributed by atoms with Crippen LogP contribution in [0.1, 0.15) is 51.2 Å². The SMILES string of the molecule is Cc1nc(SCCN2CCC(C)CC2)nn1-c1ccc(Cl)c(Cl)c1.Cc1nc(SCCN2CCC(C)CC2)nn1-c1ccc(Cl)c(Cl)c1.O=C(O)C(=O)O. The Balaban J connectivity index is 0.000000209. The first-order chi connectivity index (χ1) is 25.7. The van der Waals surface area contributed by atoms with Gasteiger partial charge >= 0.3 is 11.9 Å². The van der Waals surface area contributed by atoms with Crippen molar-refractivity contribution in [3.8, 4) is 11.4 Å². The fourth-order valence-corrected chi connectivity index (χ4v) is 8.00. The number of carboxylic acid groups (broad SMARTS) is 2. The summed E-state index contributed by atoms with van der Waals surface area (Å²) >= 11 is 27.6. The zero-order valence-electron chi connectivity index (χ0n) is 30.7. The van der Waals surface area contributed by atoms with Crippen molar-refractivity contribution in [3.63, 3.8) is 0 Å². The molecule has 0 aliphatic carbocycles. The fourth-order valence-electron chi connectivity index (χ4n) is 5.68. The number of hydrogen-bond donors (Lipinski definition) is 2. The van der Waals surface area contributed by atoms with Crippen LogP contribution in [-0.4, -0.2) is 112 Å². The van der Waals surface area contributed by atoms with Gasteiger partial charge in [-0.25, -0.2) is 28.9 Å². The lowest BCUT2D eigenvalue weighted by Gasteiger charge is -2.29. The molecule has 2 fully saturated rings. The Hall–Kier alpha value is -2.56. The van der Waals surface area contributed by atoms with E-state index in [2.05, 4.69) is 43.8 Å². The summed E-state index contributed by atoms with van der Waals surface area (Å²) in [4.78, 5) is 32.4. The first kappa shape index (κ1) is 44.2. The topological polar surface area (TPSA) is 142 Å². The van der Waals surface area contributed by atoms with Crippen LogP contribution in [0.25, 0.3) is 11.4 Å². The van der Waals surface area contributed by atoms with Gasteiger partial charge in [-0.3, -0.25) is 0 Å². The lowest BCUT2D eigenvalue weighted by molar-refractivity contribution is -0.159. The Labute approximate surface area is 344 Å². The van der Waals surface area contributed by atoms with Gasteiger partial charge in [0.1, 0.15) is 11.6 Å². The van der Waals surface area contributed by atoms with Crippen molar-refractivity contribution in [2.75, 3.05) is 50.8 Å². The maximum Gasteiger partial charge on any atom is 0.414 e. The molecule has 294 valence electrons. The standard InChI is InChI=1S/2C17H22Cl2N4S.C2H2O4/c2*1-12-5-7-22(8-6-12)9-10-24-17-20-13(2)23(21-17)14-3-4-15(18)16(19)11-14;3-1(4)2(5)6/h2*3-4,11-12H,5-10H2,1-2H3;(H,3,4)(H,5,6). The van der Waals surface area contributed by atoms with Crippen molar-refractivity contribution in [2.24, 2.45) is 11.8 Å². The van der Waals surface area contributed by atoms with Crippen molar-refractivity contribution in [2.45, 2.75) is 63.7 Å². The lowest BCUT2D eigenvalue weighted by Crippen LogP contribution is -2.34. The molecular weight excluding hydrogens is 814 g/mol. The Morgan fingerprint density at radius 1 is 0.648 bits per heavy atom. The second kappa shape index (κ2) is 21.7. The zero-order chi connectivity index (χ0) is 39.4.